The van der Waals surface area contributed by atoms with Gasteiger partial charge in [0.1, 0.15) is 0 Å². The molecule has 0 amide bonds. The standard InChI is InChI=1S/C10H7N3O2/c14-10(15)7-1-2-11-5-8(7)9-6-12-3-4-13-9/h1-6H,(H,14,15). The Morgan fingerprint density at radius 2 is 1.93 bits per heavy atom. The molecular formula is C10H7N3O2. The molecule has 0 saturated heterocycles. The third kappa shape index (κ3) is 1.80. The lowest BCUT2D eigenvalue weighted by Gasteiger charge is -2.02. The van der Waals surface area contributed by atoms with Crippen LogP contribution >= 0.6 is 0 Å². The molecule has 0 atom stereocenters. The fraction of sp³-hybridized carbons (Fsp3) is 0. The van der Waals surface area contributed by atoms with Gasteiger partial charge in [-0.05, 0) is 6.07 Å². The SMILES string of the molecule is O=C(O)c1ccncc1-c1cnccn1. The summed E-state index contributed by atoms with van der Waals surface area (Å²) in [5.74, 6) is -1.00. The van der Waals surface area contributed by atoms with E-state index >= 15 is 0 Å². The van der Waals surface area contributed by atoms with Crippen molar-refractivity contribution < 1.29 is 9.90 Å². The van der Waals surface area contributed by atoms with Crippen LogP contribution in [0.3, 0.4) is 0 Å². The van der Waals surface area contributed by atoms with Crippen molar-refractivity contribution in [3.8, 4) is 11.3 Å². The molecule has 0 aromatic carbocycles. The van der Waals surface area contributed by atoms with Gasteiger partial charge in [0.25, 0.3) is 0 Å². The average Bonchev–Trinajstić information content (AvgIpc) is 2.30. The molecule has 74 valence electrons. The zero-order chi connectivity index (χ0) is 10.7. The average molecular weight is 201 g/mol. The Bertz CT molecular complexity index is 485. The van der Waals surface area contributed by atoms with E-state index in [9.17, 15) is 4.79 Å². The molecule has 0 aliphatic carbocycles. The Morgan fingerprint density at radius 1 is 1.13 bits per heavy atom. The van der Waals surface area contributed by atoms with Crippen molar-refractivity contribution in [2.24, 2.45) is 0 Å². The molecule has 15 heavy (non-hydrogen) atoms. The van der Waals surface area contributed by atoms with Gasteiger partial charge in [0, 0.05) is 30.4 Å². The van der Waals surface area contributed by atoms with E-state index in [0.29, 0.717) is 11.3 Å². The van der Waals surface area contributed by atoms with Crippen molar-refractivity contribution >= 4 is 5.97 Å². The first-order chi connectivity index (χ1) is 7.29. The third-order valence-electron chi connectivity index (χ3n) is 1.89. The molecule has 2 heterocycles. The Morgan fingerprint density at radius 3 is 2.60 bits per heavy atom. The Balaban J connectivity index is 2.58. The van der Waals surface area contributed by atoms with Crippen LogP contribution in [-0.4, -0.2) is 26.0 Å². The molecule has 2 rings (SSSR count). The molecule has 0 fully saturated rings. The van der Waals surface area contributed by atoms with Gasteiger partial charge in [0.2, 0.25) is 0 Å². The Labute approximate surface area is 85.5 Å². The van der Waals surface area contributed by atoms with Crippen LogP contribution in [0.2, 0.25) is 0 Å². The molecule has 2 aromatic heterocycles. The number of carboxylic acid groups (broad SMARTS) is 1. The summed E-state index contributed by atoms with van der Waals surface area (Å²) in [4.78, 5) is 22.7. The summed E-state index contributed by atoms with van der Waals surface area (Å²) in [6.07, 6.45) is 7.44. The van der Waals surface area contributed by atoms with Crippen molar-refractivity contribution in [3.63, 3.8) is 0 Å². The molecule has 1 N–H and O–H groups in total. The number of carbonyl (C=O) groups is 1. The maximum atomic E-state index is 10.9. The van der Waals surface area contributed by atoms with Crippen LogP contribution in [0, 0.1) is 0 Å². The first-order valence-electron chi connectivity index (χ1n) is 4.23. The van der Waals surface area contributed by atoms with Crippen molar-refractivity contribution in [1.82, 2.24) is 15.0 Å². The molecule has 0 aliphatic heterocycles. The van der Waals surface area contributed by atoms with Gasteiger partial charge in [0.05, 0.1) is 17.5 Å². The van der Waals surface area contributed by atoms with Gasteiger partial charge < -0.3 is 5.11 Å². The number of hydrogen-bond acceptors (Lipinski definition) is 4. The van der Waals surface area contributed by atoms with Gasteiger partial charge in [-0.15, -0.1) is 0 Å². The topological polar surface area (TPSA) is 76.0 Å². The summed E-state index contributed by atoms with van der Waals surface area (Å²) in [5, 5.41) is 8.95. The van der Waals surface area contributed by atoms with Gasteiger partial charge in [-0.2, -0.15) is 0 Å². The molecule has 0 unspecified atom stereocenters. The summed E-state index contributed by atoms with van der Waals surface area (Å²) in [6.45, 7) is 0. The van der Waals surface area contributed by atoms with Gasteiger partial charge in [-0.1, -0.05) is 0 Å². The van der Waals surface area contributed by atoms with Crippen LogP contribution in [0.4, 0.5) is 0 Å². The van der Waals surface area contributed by atoms with Crippen molar-refractivity contribution in [1.29, 1.82) is 0 Å². The second-order valence-electron chi connectivity index (χ2n) is 2.82. The second kappa shape index (κ2) is 3.83. The number of carboxylic acids is 1. The highest BCUT2D eigenvalue weighted by Crippen LogP contribution is 2.19. The van der Waals surface area contributed by atoms with Crippen molar-refractivity contribution in [3.05, 3.63) is 42.6 Å². The highest BCUT2D eigenvalue weighted by atomic mass is 16.4. The zero-order valence-corrected chi connectivity index (χ0v) is 7.66. The quantitative estimate of drug-likeness (QED) is 0.790. The normalized spacial score (nSPS) is 9.87. The predicted molar refractivity (Wildman–Crippen MR) is 52.2 cm³/mol. The maximum Gasteiger partial charge on any atom is 0.336 e. The monoisotopic (exact) mass is 201 g/mol. The van der Waals surface area contributed by atoms with Gasteiger partial charge in [-0.3, -0.25) is 15.0 Å². The minimum Gasteiger partial charge on any atom is -0.478 e. The van der Waals surface area contributed by atoms with E-state index < -0.39 is 5.97 Å². The fourth-order valence-electron chi connectivity index (χ4n) is 1.22. The number of rotatable bonds is 2. The summed E-state index contributed by atoms with van der Waals surface area (Å²) < 4.78 is 0. The van der Waals surface area contributed by atoms with Crippen LogP contribution < -0.4 is 0 Å². The third-order valence-corrected chi connectivity index (χ3v) is 1.89. The predicted octanol–water partition coefficient (Wildman–Crippen LogP) is 1.24. The minimum atomic E-state index is -1.00. The maximum absolute atomic E-state index is 10.9. The van der Waals surface area contributed by atoms with Gasteiger partial charge in [0.15, 0.2) is 0 Å². The van der Waals surface area contributed by atoms with E-state index in [0.717, 1.165) is 0 Å². The molecule has 0 saturated carbocycles. The van der Waals surface area contributed by atoms with Crippen molar-refractivity contribution in [2.45, 2.75) is 0 Å². The number of aromatic carboxylic acids is 1. The molecule has 5 heteroatoms. The smallest absolute Gasteiger partial charge is 0.336 e. The fourth-order valence-corrected chi connectivity index (χ4v) is 1.22. The lowest BCUT2D eigenvalue weighted by atomic mass is 10.1. The van der Waals surface area contributed by atoms with E-state index in [1.165, 1.54) is 37.1 Å². The van der Waals surface area contributed by atoms with Crippen molar-refractivity contribution in [2.75, 3.05) is 0 Å². The lowest BCUT2D eigenvalue weighted by molar-refractivity contribution is 0.0697. The number of pyridine rings is 1. The van der Waals surface area contributed by atoms with Crippen LogP contribution in [-0.2, 0) is 0 Å². The summed E-state index contributed by atoms with van der Waals surface area (Å²) in [7, 11) is 0. The van der Waals surface area contributed by atoms with Crippen LogP contribution in [0.5, 0.6) is 0 Å². The number of nitrogens with zero attached hydrogens (tertiary/aromatic N) is 3. The molecule has 0 bridgehead atoms. The van der Waals surface area contributed by atoms with Crippen LogP contribution in [0.15, 0.2) is 37.1 Å². The molecule has 0 spiro atoms. The molecule has 5 nitrogen and oxygen atoms in total. The summed E-state index contributed by atoms with van der Waals surface area (Å²) in [6, 6.07) is 1.44. The minimum absolute atomic E-state index is 0.172. The Kier molecular flexibility index (Phi) is 2.37. The number of hydrogen-bond donors (Lipinski definition) is 1. The first-order valence-corrected chi connectivity index (χ1v) is 4.23. The second-order valence-corrected chi connectivity index (χ2v) is 2.82. The number of aromatic nitrogens is 3. The van der Waals surface area contributed by atoms with E-state index in [4.69, 9.17) is 5.11 Å². The summed E-state index contributed by atoms with van der Waals surface area (Å²) >= 11 is 0. The highest BCUT2D eigenvalue weighted by Gasteiger charge is 2.11. The Hall–Kier alpha value is -2.30. The van der Waals surface area contributed by atoms with Gasteiger partial charge >= 0.3 is 5.97 Å². The lowest BCUT2D eigenvalue weighted by Crippen LogP contribution is -2.00. The highest BCUT2D eigenvalue weighted by molar-refractivity contribution is 5.94. The molecular weight excluding hydrogens is 194 g/mol. The molecule has 2 aromatic rings. The summed E-state index contributed by atoms with van der Waals surface area (Å²) in [5.41, 5.74) is 1.15. The molecule has 0 aliphatic rings. The largest absolute Gasteiger partial charge is 0.478 e. The van der Waals surface area contributed by atoms with E-state index in [-0.39, 0.29) is 5.56 Å². The molecule has 0 radical (unpaired) electrons. The van der Waals surface area contributed by atoms with E-state index in [2.05, 4.69) is 15.0 Å². The first kappa shape index (κ1) is 9.26. The van der Waals surface area contributed by atoms with E-state index in [1.807, 2.05) is 0 Å². The van der Waals surface area contributed by atoms with Crippen LogP contribution in [0.1, 0.15) is 10.4 Å². The van der Waals surface area contributed by atoms with E-state index in [1.54, 1.807) is 0 Å². The zero-order valence-electron chi connectivity index (χ0n) is 7.66. The van der Waals surface area contributed by atoms with Crippen LogP contribution in [0.25, 0.3) is 11.3 Å². The van der Waals surface area contributed by atoms with Gasteiger partial charge in [-0.25, -0.2) is 4.79 Å².